The number of halogens is 2. The van der Waals surface area contributed by atoms with Crippen LogP contribution in [0, 0.1) is 11.6 Å². The fourth-order valence-corrected chi connectivity index (χ4v) is 5.05. The van der Waals surface area contributed by atoms with E-state index in [0.717, 1.165) is 35.5 Å². The predicted molar refractivity (Wildman–Crippen MR) is 127 cm³/mol. The minimum Gasteiger partial charge on any atom is -0.507 e. The third-order valence-corrected chi connectivity index (χ3v) is 6.83. The molecule has 0 saturated carbocycles. The van der Waals surface area contributed by atoms with Crippen LogP contribution in [0.3, 0.4) is 0 Å². The lowest BCUT2D eigenvalue weighted by Gasteiger charge is -2.23. The number of anilines is 1. The SMILES string of the molecule is CCc1ccc(C2/C(=C(\O)c3ccc(F)cc3)C(=O)C(=O)N2c2nc3ccc(F)cc3s2)cc1. The van der Waals surface area contributed by atoms with Crippen LogP contribution in [0.5, 0.6) is 0 Å². The highest BCUT2D eigenvalue weighted by atomic mass is 32.1. The Hall–Kier alpha value is -3.91. The number of fused-ring (bicyclic) bond motifs is 1. The van der Waals surface area contributed by atoms with Gasteiger partial charge in [0.15, 0.2) is 5.13 Å². The highest BCUT2D eigenvalue weighted by Crippen LogP contribution is 2.44. The topological polar surface area (TPSA) is 70.5 Å². The molecule has 1 unspecified atom stereocenters. The minimum absolute atomic E-state index is 0.119. The first-order valence-corrected chi connectivity index (χ1v) is 11.4. The molecule has 1 N–H and O–H groups in total. The molecule has 1 atom stereocenters. The molecule has 0 bridgehead atoms. The number of carbonyl (C=O) groups is 2. The molecule has 1 fully saturated rings. The summed E-state index contributed by atoms with van der Waals surface area (Å²) in [4.78, 5) is 32.1. The number of aliphatic hydroxyl groups excluding tert-OH is 1. The van der Waals surface area contributed by atoms with Crippen molar-refractivity contribution in [3.8, 4) is 0 Å². The monoisotopic (exact) mass is 476 g/mol. The Balaban J connectivity index is 1.72. The number of thiazole rings is 1. The van der Waals surface area contributed by atoms with E-state index in [1.165, 1.54) is 35.2 Å². The summed E-state index contributed by atoms with van der Waals surface area (Å²) in [6, 6.07) is 15.5. The van der Waals surface area contributed by atoms with E-state index in [9.17, 15) is 23.5 Å². The molecule has 5 rings (SSSR count). The number of carbonyl (C=O) groups excluding carboxylic acids is 2. The molecular formula is C26H18F2N2O3S. The first kappa shape index (κ1) is 21.9. The van der Waals surface area contributed by atoms with Crippen molar-refractivity contribution in [2.45, 2.75) is 19.4 Å². The van der Waals surface area contributed by atoms with Crippen molar-refractivity contribution >= 4 is 44.1 Å². The van der Waals surface area contributed by atoms with Crippen LogP contribution in [-0.2, 0) is 16.0 Å². The van der Waals surface area contributed by atoms with E-state index in [2.05, 4.69) is 4.98 Å². The van der Waals surface area contributed by atoms with E-state index in [0.29, 0.717) is 15.8 Å². The van der Waals surface area contributed by atoms with Gasteiger partial charge in [-0.2, -0.15) is 0 Å². The molecule has 1 amide bonds. The molecule has 34 heavy (non-hydrogen) atoms. The Bertz CT molecular complexity index is 1460. The fraction of sp³-hybridized carbons (Fsp3) is 0.115. The van der Waals surface area contributed by atoms with Gasteiger partial charge in [-0.05, 0) is 60.0 Å². The van der Waals surface area contributed by atoms with Crippen molar-refractivity contribution in [1.29, 1.82) is 0 Å². The van der Waals surface area contributed by atoms with Crippen molar-refractivity contribution in [2.24, 2.45) is 0 Å². The molecule has 4 aromatic rings. The van der Waals surface area contributed by atoms with Gasteiger partial charge in [0.2, 0.25) is 0 Å². The maximum atomic E-state index is 13.7. The molecule has 1 aliphatic rings. The number of benzene rings is 3. The van der Waals surface area contributed by atoms with Crippen LogP contribution in [0.15, 0.2) is 72.3 Å². The van der Waals surface area contributed by atoms with Crippen LogP contribution in [0.1, 0.15) is 29.7 Å². The summed E-state index contributed by atoms with van der Waals surface area (Å²) >= 11 is 1.08. The number of amides is 1. The molecule has 8 heteroatoms. The summed E-state index contributed by atoms with van der Waals surface area (Å²) in [5, 5.41) is 11.3. The van der Waals surface area contributed by atoms with Gasteiger partial charge >= 0.3 is 5.91 Å². The van der Waals surface area contributed by atoms with Gasteiger partial charge in [0.25, 0.3) is 5.78 Å². The summed E-state index contributed by atoms with van der Waals surface area (Å²) < 4.78 is 27.7. The number of hydrogen-bond donors (Lipinski definition) is 1. The molecule has 0 radical (unpaired) electrons. The number of aryl methyl sites for hydroxylation is 1. The van der Waals surface area contributed by atoms with Gasteiger partial charge in [-0.25, -0.2) is 13.8 Å². The molecule has 0 spiro atoms. The maximum Gasteiger partial charge on any atom is 0.301 e. The number of rotatable bonds is 4. The van der Waals surface area contributed by atoms with Crippen LogP contribution < -0.4 is 4.90 Å². The van der Waals surface area contributed by atoms with Crippen molar-refractivity contribution in [2.75, 3.05) is 4.90 Å². The Labute approximate surface area is 197 Å². The number of Topliss-reactive ketones (excluding diaryl/α,β-unsaturated/α-hetero) is 1. The second-order valence-electron chi connectivity index (χ2n) is 7.88. The maximum absolute atomic E-state index is 13.7. The molecule has 170 valence electrons. The van der Waals surface area contributed by atoms with Crippen LogP contribution in [0.4, 0.5) is 13.9 Å². The summed E-state index contributed by atoms with van der Waals surface area (Å²) in [6.07, 6.45) is 0.805. The zero-order chi connectivity index (χ0) is 24.0. The van der Waals surface area contributed by atoms with E-state index in [1.807, 2.05) is 19.1 Å². The third kappa shape index (κ3) is 3.66. The number of hydrogen-bond acceptors (Lipinski definition) is 5. The van der Waals surface area contributed by atoms with Gasteiger partial charge in [0.05, 0.1) is 21.8 Å². The lowest BCUT2D eigenvalue weighted by Crippen LogP contribution is -2.29. The second kappa shape index (κ2) is 8.46. The van der Waals surface area contributed by atoms with E-state index in [-0.39, 0.29) is 16.3 Å². The standard InChI is InChI=1S/C26H18F2N2O3S/c1-2-14-3-5-15(6-4-14)22-21(23(31)16-7-9-17(27)10-8-16)24(32)25(33)30(22)26-29-19-12-11-18(28)13-20(19)34-26/h3-13,22,31H,2H2,1H3/b23-21+. The van der Waals surface area contributed by atoms with Crippen LogP contribution in [-0.4, -0.2) is 21.8 Å². The highest BCUT2D eigenvalue weighted by Gasteiger charge is 2.48. The highest BCUT2D eigenvalue weighted by molar-refractivity contribution is 7.22. The van der Waals surface area contributed by atoms with Crippen molar-refractivity contribution in [1.82, 2.24) is 4.98 Å². The fourth-order valence-electron chi connectivity index (χ4n) is 4.03. The molecule has 1 aromatic heterocycles. The average molecular weight is 477 g/mol. The number of aliphatic hydroxyl groups is 1. The Morgan fingerprint density at radius 1 is 1.00 bits per heavy atom. The Morgan fingerprint density at radius 2 is 1.68 bits per heavy atom. The first-order chi connectivity index (χ1) is 16.4. The number of aromatic nitrogens is 1. The summed E-state index contributed by atoms with van der Waals surface area (Å²) in [6.45, 7) is 2.01. The number of ketones is 1. The zero-order valence-corrected chi connectivity index (χ0v) is 18.8. The van der Waals surface area contributed by atoms with Gasteiger partial charge in [0.1, 0.15) is 17.4 Å². The van der Waals surface area contributed by atoms with Crippen molar-refractivity contribution in [3.63, 3.8) is 0 Å². The minimum atomic E-state index is -0.957. The van der Waals surface area contributed by atoms with Crippen LogP contribution >= 0.6 is 11.3 Å². The van der Waals surface area contributed by atoms with E-state index in [1.54, 1.807) is 12.1 Å². The molecule has 3 aromatic carbocycles. The smallest absolute Gasteiger partial charge is 0.301 e. The van der Waals surface area contributed by atoms with Gasteiger partial charge in [-0.15, -0.1) is 0 Å². The largest absolute Gasteiger partial charge is 0.507 e. The van der Waals surface area contributed by atoms with Gasteiger partial charge < -0.3 is 5.11 Å². The lowest BCUT2D eigenvalue weighted by atomic mass is 9.94. The summed E-state index contributed by atoms with van der Waals surface area (Å²) in [7, 11) is 0. The molecular weight excluding hydrogens is 458 g/mol. The Kier molecular flexibility index (Phi) is 5.45. The first-order valence-electron chi connectivity index (χ1n) is 10.6. The van der Waals surface area contributed by atoms with Crippen LogP contribution in [0.2, 0.25) is 0 Å². The van der Waals surface area contributed by atoms with Crippen molar-refractivity contribution < 1.29 is 23.5 Å². The summed E-state index contributed by atoms with van der Waals surface area (Å²) in [5.74, 6) is -3.07. The Morgan fingerprint density at radius 3 is 2.35 bits per heavy atom. The van der Waals surface area contributed by atoms with E-state index < -0.39 is 35.1 Å². The molecule has 5 nitrogen and oxygen atoms in total. The van der Waals surface area contributed by atoms with E-state index in [4.69, 9.17) is 0 Å². The lowest BCUT2D eigenvalue weighted by molar-refractivity contribution is -0.132. The van der Waals surface area contributed by atoms with Crippen molar-refractivity contribution in [3.05, 3.63) is 101 Å². The number of nitrogens with zero attached hydrogens (tertiary/aromatic N) is 2. The van der Waals surface area contributed by atoms with E-state index >= 15 is 0 Å². The third-order valence-electron chi connectivity index (χ3n) is 5.81. The summed E-state index contributed by atoms with van der Waals surface area (Å²) in [5.41, 5.74) is 2.24. The second-order valence-corrected chi connectivity index (χ2v) is 8.89. The molecule has 1 aliphatic heterocycles. The van der Waals surface area contributed by atoms with Crippen LogP contribution in [0.25, 0.3) is 16.0 Å². The van der Waals surface area contributed by atoms with Gasteiger partial charge in [-0.3, -0.25) is 14.5 Å². The quantitative estimate of drug-likeness (QED) is 0.231. The average Bonchev–Trinajstić information content (AvgIpc) is 3.37. The molecule has 2 heterocycles. The molecule has 0 aliphatic carbocycles. The molecule has 1 saturated heterocycles. The van der Waals surface area contributed by atoms with Gasteiger partial charge in [-0.1, -0.05) is 42.5 Å². The zero-order valence-electron chi connectivity index (χ0n) is 18.0. The predicted octanol–water partition coefficient (Wildman–Crippen LogP) is 5.76. The normalized spacial score (nSPS) is 17.6. The van der Waals surface area contributed by atoms with Gasteiger partial charge in [0, 0.05) is 5.56 Å².